The number of rotatable bonds is 2. The number of nitrogens with zero attached hydrogens (tertiary/aromatic N) is 2. The molecule has 82 valence electrons. The van der Waals surface area contributed by atoms with Crippen LogP contribution in [0, 0.1) is 0 Å². The molecule has 0 fully saturated rings. The molecule has 0 saturated heterocycles. The van der Waals surface area contributed by atoms with E-state index in [1.165, 1.54) is 11.4 Å². The summed E-state index contributed by atoms with van der Waals surface area (Å²) in [4.78, 5) is 4.02. The van der Waals surface area contributed by atoms with Crippen molar-refractivity contribution in [1.29, 1.82) is 0 Å². The van der Waals surface area contributed by atoms with Gasteiger partial charge in [0.05, 0.1) is 6.33 Å². The van der Waals surface area contributed by atoms with Crippen molar-refractivity contribution < 1.29 is 0 Å². The molecule has 1 aromatic heterocycles. The van der Waals surface area contributed by atoms with Gasteiger partial charge in [0.2, 0.25) is 0 Å². The Labute approximate surface area is 91.5 Å². The summed E-state index contributed by atoms with van der Waals surface area (Å²) >= 11 is 0. The maximum Gasteiger partial charge on any atom is 0.0989 e. The smallest absolute Gasteiger partial charge is 0.0989 e. The third-order valence-electron chi connectivity index (χ3n) is 2.28. The Morgan fingerprint density at radius 2 is 2.07 bits per heavy atom. The summed E-state index contributed by atoms with van der Waals surface area (Å²) in [6.07, 6.45) is 12.0. The molecule has 0 aromatic carbocycles. The molecule has 3 nitrogen and oxygen atoms in total. The first-order valence-corrected chi connectivity index (χ1v) is 5.46. The Kier molecular flexibility index (Phi) is 4.68. The van der Waals surface area contributed by atoms with E-state index in [1.807, 2.05) is 33.4 Å². The molecule has 3 heteroatoms. The Morgan fingerprint density at radius 3 is 2.53 bits per heavy atom. The Hall–Kier alpha value is -1.51. The first kappa shape index (κ1) is 11.6. The van der Waals surface area contributed by atoms with Crippen LogP contribution < -0.4 is 5.32 Å². The van der Waals surface area contributed by atoms with Crippen molar-refractivity contribution in [2.75, 3.05) is 7.05 Å². The van der Waals surface area contributed by atoms with E-state index in [2.05, 4.69) is 27.0 Å². The van der Waals surface area contributed by atoms with Crippen LogP contribution in [0.2, 0.25) is 0 Å². The summed E-state index contributed by atoms with van der Waals surface area (Å²) in [5.74, 6) is 0. The summed E-state index contributed by atoms with van der Waals surface area (Å²) in [6, 6.07) is 0. The fourth-order valence-electron chi connectivity index (χ4n) is 1.48. The number of nitrogens with one attached hydrogen (secondary N) is 1. The molecule has 0 spiro atoms. The number of imidazole rings is 1. The zero-order valence-electron chi connectivity index (χ0n) is 9.70. The van der Waals surface area contributed by atoms with Crippen molar-refractivity contribution in [2.24, 2.45) is 0 Å². The van der Waals surface area contributed by atoms with Crippen molar-refractivity contribution in [2.45, 2.75) is 26.7 Å². The van der Waals surface area contributed by atoms with E-state index in [0.717, 1.165) is 12.8 Å². The minimum absolute atomic E-state index is 1.07. The number of aromatic nitrogens is 2. The van der Waals surface area contributed by atoms with Crippen LogP contribution in [0.25, 0.3) is 5.70 Å². The van der Waals surface area contributed by atoms with Gasteiger partial charge in [-0.15, -0.1) is 0 Å². The number of hydrogen-bond donors (Lipinski definition) is 1. The lowest BCUT2D eigenvalue weighted by Crippen LogP contribution is -2.09. The van der Waals surface area contributed by atoms with Crippen LogP contribution in [-0.4, -0.2) is 16.6 Å². The molecule has 1 aliphatic rings. The molecule has 0 saturated carbocycles. The molecule has 0 bridgehead atoms. The molecule has 2 rings (SSSR count). The SMILES string of the molecule is CC.CNC1=CC=C(n2ccnc2)CC1. The van der Waals surface area contributed by atoms with Gasteiger partial charge in [-0.05, 0) is 25.0 Å². The average molecular weight is 205 g/mol. The van der Waals surface area contributed by atoms with Crippen LogP contribution in [0.3, 0.4) is 0 Å². The van der Waals surface area contributed by atoms with Crippen LogP contribution in [0.5, 0.6) is 0 Å². The first-order valence-electron chi connectivity index (χ1n) is 5.46. The summed E-state index contributed by atoms with van der Waals surface area (Å²) in [5.41, 5.74) is 2.60. The molecule has 1 N–H and O–H groups in total. The van der Waals surface area contributed by atoms with Crippen LogP contribution in [0.15, 0.2) is 36.6 Å². The highest BCUT2D eigenvalue weighted by molar-refractivity contribution is 5.51. The Morgan fingerprint density at radius 1 is 1.27 bits per heavy atom. The lowest BCUT2D eigenvalue weighted by Gasteiger charge is -2.14. The fraction of sp³-hybridized carbons (Fsp3) is 0.417. The van der Waals surface area contributed by atoms with Gasteiger partial charge in [-0.2, -0.15) is 0 Å². The van der Waals surface area contributed by atoms with E-state index >= 15 is 0 Å². The Bertz CT molecular complexity index is 334. The molecule has 0 atom stereocenters. The minimum atomic E-state index is 1.07. The molecule has 1 heterocycles. The van der Waals surface area contributed by atoms with Crippen molar-refractivity contribution in [3.05, 3.63) is 36.6 Å². The molecule has 1 aliphatic carbocycles. The molecule has 1 aromatic rings. The third kappa shape index (κ3) is 2.98. The molecule has 0 aliphatic heterocycles. The normalized spacial score (nSPS) is 14.6. The van der Waals surface area contributed by atoms with Crippen LogP contribution in [-0.2, 0) is 0 Å². The fourth-order valence-corrected chi connectivity index (χ4v) is 1.48. The highest BCUT2D eigenvalue weighted by atomic mass is 15.0. The van der Waals surface area contributed by atoms with Crippen molar-refractivity contribution in [1.82, 2.24) is 14.9 Å². The van der Waals surface area contributed by atoms with Crippen molar-refractivity contribution >= 4 is 5.70 Å². The van der Waals surface area contributed by atoms with Crippen LogP contribution in [0.1, 0.15) is 26.7 Å². The van der Waals surface area contributed by atoms with Gasteiger partial charge in [-0.25, -0.2) is 4.98 Å². The molecular weight excluding hydrogens is 186 g/mol. The van der Waals surface area contributed by atoms with Crippen LogP contribution in [0.4, 0.5) is 0 Å². The quantitative estimate of drug-likeness (QED) is 0.804. The zero-order chi connectivity index (χ0) is 11.1. The maximum absolute atomic E-state index is 4.02. The number of hydrogen-bond acceptors (Lipinski definition) is 2. The second-order valence-electron chi connectivity index (χ2n) is 3.07. The van der Waals surface area contributed by atoms with Crippen molar-refractivity contribution in [3.63, 3.8) is 0 Å². The van der Waals surface area contributed by atoms with E-state index in [-0.39, 0.29) is 0 Å². The zero-order valence-corrected chi connectivity index (χ0v) is 9.70. The highest BCUT2D eigenvalue weighted by Gasteiger charge is 2.05. The lowest BCUT2D eigenvalue weighted by atomic mass is 10.1. The monoisotopic (exact) mass is 205 g/mol. The van der Waals surface area contributed by atoms with Gasteiger partial charge >= 0.3 is 0 Å². The molecule has 0 amide bonds. The standard InChI is InChI=1S/C10H13N3.C2H6/c1-11-9-2-4-10(5-3-9)13-7-6-12-8-13;1-2/h2,4,6-8,11H,3,5H2,1H3;1-2H3. The summed E-state index contributed by atoms with van der Waals surface area (Å²) in [7, 11) is 1.96. The largest absolute Gasteiger partial charge is 0.391 e. The highest BCUT2D eigenvalue weighted by Crippen LogP contribution is 2.19. The maximum atomic E-state index is 4.02. The molecule has 0 radical (unpaired) electrons. The Balaban J connectivity index is 0.000000531. The summed E-state index contributed by atoms with van der Waals surface area (Å²) in [5, 5.41) is 3.16. The van der Waals surface area contributed by atoms with E-state index in [0.29, 0.717) is 0 Å². The predicted octanol–water partition coefficient (Wildman–Crippen LogP) is 2.65. The van der Waals surface area contributed by atoms with Gasteiger partial charge in [0.25, 0.3) is 0 Å². The van der Waals surface area contributed by atoms with E-state index in [1.54, 1.807) is 6.20 Å². The summed E-state index contributed by atoms with van der Waals surface area (Å²) in [6.45, 7) is 4.00. The third-order valence-corrected chi connectivity index (χ3v) is 2.28. The van der Waals surface area contributed by atoms with Gasteiger partial charge < -0.3 is 9.88 Å². The topological polar surface area (TPSA) is 29.9 Å². The minimum Gasteiger partial charge on any atom is -0.391 e. The van der Waals surface area contributed by atoms with Gasteiger partial charge in [0.1, 0.15) is 0 Å². The molecule has 15 heavy (non-hydrogen) atoms. The molecular formula is C12H19N3. The lowest BCUT2D eigenvalue weighted by molar-refractivity contribution is 0.821. The van der Waals surface area contributed by atoms with Gasteiger partial charge in [0.15, 0.2) is 0 Å². The second-order valence-corrected chi connectivity index (χ2v) is 3.07. The second kappa shape index (κ2) is 6.06. The molecule has 0 unspecified atom stereocenters. The van der Waals surface area contributed by atoms with Crippen LogP contribution >= 0.6 is 0 Å². The van der Waals surface area contributed by atoms with E-state index < -0.39 is 0 Å². The number of allylic oxidation sites excluding steroid dienone is 4. The van der Waals surface area contributed by atoms with Gasteiger partial charge in [-0.1, -0.05) is 13.8 Å². The van der Waals surface area contributed by atoms with Gasteiger partial charge in [-0.3, -0.25) is 0 Å². The average Bonchev–Trinajstić information content (AvgIpc) is 2.85. The summed E-state index contributed by atoms with van der Waals surface area (Å²) < 4.78 is 2.06. The van der Waals surface area contributed by atoms with Gasteiger partial charge in [0, 0.05) is 30.8 Å². The van der Waals surface area contributed by atoms with E-state index in [4.69, 9.17) is 0 Å². The van der Waals surface area contributed by atoms with E-state index in [9.17, 15) is 0 Å². The predicted molar refractivity (Wildman–Crippen MR) is 64.2 cm³/mol. The van der Waals surface area contributed by atoms with Crippen molar-refractivity contribution in [3.8, 4) is 0 Å². The first-order chi connectivity index (χ1) is 7.40.